The van der Waals surface area contributed by atoms with E-state index in [2.05, 4.69) is 15.2 Å². The molecular weight excluding hydrogens is 492 g/mol. The van der Waals surface area contributed by atoms with Crippen LogP contribution < -0.4 is 14.8 Å². The maximum Gasteiger partial charge on any atom is 0.262 e. The zero-order chi connectivity index (χ0) is 26.4. The second-order valence-corrected chi connectivity index (χ2v) is 10.2. The van der Waals surface area contributed by atoms with Gasteiger partial charge in [-0.1, -0.05) is 17.8 Å². The molecule has 37 heavy (non-hydrogen) atoms. The fourth-order valence-electron chi connectivity index (χ4n) is 4.37. The third kappa shape index (κ3) is 6.62. The highest BCUT2D eigenvalue weighted by atomic mass is 32.2. The van der Waals surface area contributed by atoms with Crippen molar-refractivity contribution in [3.63, 3.8) is 0 Å². The number of amidine groups is 1. The lowest BCUT2D eigenvalue weighted by Crippen LogP contribution is -2.33. The number of likely N-dealkylation sites (tertiary alicyclic amines) is 1. The predicted molar refractivity (Wildman–Crippen MR) is 144 cm³/mol. The van der Waals surface area contributed by atoms with Crippen molar-refractivity contribution >= 4 is 40.3 Å². The second-order valence-electron chi connectivity index (χ2n) is 9.06. The molecule has 0 radical (unpaired) electrons. The molecule has 0 spiro atoms. The Morgan fingerprint density at radius 2 is 1.89 bits per heavy atom. The van der Waals surface area contributed by atoms with Crippen molar-refractivity contribution < 1.29 is 23.9 Å². The summed E-state index contributed by atoms with van der Waals surface area (Å²) < 4.78 is 10.7. The third-order valence-electron chi connectivity index (χ3n) is 6.37. The van der Waals surface area contributed by atoms with E-state index in [1.165, 1.54) is 18.2 Å². The van der Waals surface area contributed by atoms with Crippen molar-refractivity contribution in [3.05, 3.63) is 53.6 Å². The molecule has 0 unspecified atom stereocenters. The molecule has 2 aromatic carbocycles. The molecule has 1 N–H and O–H groups in total. The van der Waals surface area contributed by atoms with E-state index < -0.39 is 5.25 Å². The molecule has 0 bridgehead atoms. The van der Waals surface area contributed by atoms with Gasteiger partial charge in [0.2, 0.25) is 5.91 Å². The van der Waals surface area contributed by atoms with Crippen LogP contribution in [0.25, 0.3) is 0 Å². The number of carbonyl (C=O) groups is 3. The Morgan fingerprint density at radius 1 is 1.11 bits per heavy atom. The Morgan fingerprint density at radius 3 is 2.62 bits per heavy atom. The van der Waals surface area contributed by atoms with E-state index in [1.54, 1.807) is 56.5 Å². The Labute approximate surface area is 221 Å². The van der Waals surface area contributed by atoms with Gasteiger partial charge in [-0.3, -0.25) is 14.4 Å². The maximum atomic E-state index is 13.1. The fraction of sp³-hybridized carbons (Fsp3) is 0.407. The SMILES string of the molecule is COc1ccc(CN(C)C(=O)c2cccc(NC(=O)C[C@H]3SC(N4CCCCC4)=NC3=O)c2)c(OC)c1. The van der Waals surface area contributed by atoms with Gasteiger partial charge in [-0.05, 0) is 49.6 Å². The van der Waals surface area contributed by atoms with Crippen LogP contribution in [0.5, 0.6) is 11.5 Å². The minimum Gasteiger partial charge on any atom is -0.497 e. The van der Waals surface area contributed by atoms with Gasteiger partial charge < -0.3 is 24.6 Å². The normalized spacial score (nSPS) is 17.3. The first-order chi connectivity index (χ1) is 17.9. The minimum atomic E-state index is -0.521. The molecule has 1 fully saturated rings. The number of nitrogens with one attached hydrogen (secondary N) is 1. The van der Waals surface area contributed by atoms with Gasteiger partial charge in [-0.15, -0.1) is 0 Å². The smallest absolute Gasteiger partial charge is 0.262 e. The number of nitrogens with zero attached hydrogens (tertiary/aromatic N) is 3. The van der Waals surface area contributed by atoms with Crippen LogP contribution in [0.15, 0.2) is 47.5 Å². The van der Waals surface area contributed by atoms with Gasteiger partial charge in [-0.2, -0.15) is 4.99 Å². The average molecular weight is 525 g/mol. The summed E-state index contributed by atoms with van der Waals surface area (Å²) in [7, 11) is 4.87. The first kappa shape index (κ1) is 26.5. The number of rotatable bonds is 8. The molecule has 2 aliphatic rings. The van der Waals surface area contributed by atoms with E-state index >= 15 is 0 Å². The number of thioether (sulfide) groups is 1. The van der Waals surface area contributed by atoms with Crippen LogP contribution in [-0.2, 0) is 16.1 Å². The summed E-state index contributed by atoms with van der Waals surface area (Å²) in [4.78, 5) is 46.1. The standard InChI is InChI=1S/C27H32N4O5S/c1-30(17-19-10-11-21(35-2)15-22(19)36-3)26(34)18-8-7-9-20(14-18)28-24(32)16-23-25(33)29-27(37-23)31-12-5-4-6-13-31/h7-11,14-15,23H,4-6,12-13,16-17H2,1-3H3,(H,28,32)/t23-/m1/s1. The lowest BCUT2D eigenvalue weighted by atomic mass is 10.1. The van der Waals surface area contributed by atoms with Gasteiger partial charge in [0.15, 0.2) is 5.17 Å². The Bertz CT molecular complexity index is 1200. The molecule has 196 valence electrons. The van der Waals surface area contributed by atoms with E-state index in [-0.39, 0.29) is 24.1 Å². The van der Waals surface area contributed by atoms with Gasteiger partial charge in [-0.25, -0.2) is 0 Å². The van der Waals surface area contributed by atoms with E-state index in [4.69, 9.17) is 9.47 Å². The summed E-state index contributed by atoms with van der Waals surface area (Å²) >= 11 is 1.37. The predicted octanol–water partition coefficient (Wildman–Crippen LogP) is 3.79. The van der Waals surface area contributed by atoms with E-state index in [0.717, 1.165) is 36.7 Å². The molecule has 2 heterocycles. The number of methoxy groups -OCH3 is 2. The van der Waals surface area contributed by atoms with Crippen molar-refractivity contribution in [3.8, 4) is 11.5 Å². The number of anilines is 1. The number of aliphatic imine (C=N–C) groups is 1. The summed E-state index contributed by atoms with van der Waals surface area (Å²) in [6.07, 6.45) is 3.41. The zero-order valence-corrected chi connectivity index (χ0v) is 22.2. The molecule has 1 saturated heterocycles. The monoisotopic (exact) mass is 524 g/mol. The largest absolute Gasteiger partial charge is 0.497 e. The van der Waals surface area contributed by atoms with Crippen LogP contribution in [0.2, 0.25) is 0 Å². The molecule has 10 heteroatoms. The van der Waals surface area contributed by atoms with E-state index in [9.17, 15) is 14.4 Å². The van der Waals surface area contributed by atoms with E-state index in [0.29, 0.717) is 29.3 Å². The van der Waals surface area contributed by atoms with Crippen molar-refractivity contribution in [2.45, 2.75) is 37.5 Å². The van der Waals surface area contributed by atoms with Crippen LogP contribution >= 0.6 is 11.8 Å². The van der Waals surface area contributed by atoms with Crippen LogP contribution in [-0.4, -0.2) is 72.3 Å². The molecule has 3 amide bonds. The summed E-state index contributed by atoms with van der Waals surface area (Å²) in [5.74, 6) is 0.550. The zero-order valence-electron chi connectivity index (χ0n) is 21.4. The second kappa shape index (κ2) is 12.1. The van der Waals surface area contributed by atoms with Gasteiger partial charge in [0, 0.05) is 56.0 Å². The maximum absolute atomic E-state index is 13.1. The van der Waals surface area contributed by atoms with Crippen molar-refractivity contribution in [2.24, 2.45) is 4.99 Å². The molecule has 4 rings (SSSR count). The van der Waals surface area contributed by atoms with Crippen molar-refractivity contribution in [1.29, 1.82) is 0 Å². The number of hydrogen-bond acceptors (Lipinski definition) is 7. The number of carbonyl (C=O) groups excluding carboxylic acids is 3. The van der Waals surface area contributed by atoms with Gasteiger partial charge >= 0.3 is 0 Å². The number of benzene rings is 2. The van der Waals surface area contributed by atoms with Gasteiger partial charge in [0.1, 0.15) is 16.7 Å². The lowest BCUT2D eigenvalue weighted by molar-refractivity contribution is -0.121. The van der Waals surface area contributed by atoms with Crippen LogP contribution in [0.4, 0.5) is 5.69 Å². The molecule has 0 aromatic heterocycles. The first-order valence-corrected chi connectivity index (χ1v) is 13.2. The molecule has 0 saturated carbocycles. The summed E-state index contributed by atoms with van der Waals surface area (Å²) in [5.41, 5.74) is 1.78. The summed E-state index contributed by atoms with van der Waals surface area (Å²) in [6.45, 7) is 2.14. The first-order valence-electron chi connectivity index (χ1n) is 12.3. The number of hydrogen-bond donors (Lipinski definition) is 1. The lowest BCUT2D eigenvalue weighted by Gasteiger charge is -2.27. The quantitative estimate of drug-likeness (QED) is 0.561. The van der Waals surface area contributed by atoms with Gasteiger partial charge in [0.05, 0.1) is 14.2 Å². The molecule has 0 aliphatic carbocycles. The number of ether oxygens (including phenoxy) is 2. The Hall–Kier alpha value is -3.53. The Balaban J connectivity index is 1.34. The minimum absolute atomic E-state index is 0.0275. The van der Waals surface area contributed by atoms with E-state index in [1.807, 2.05) is 12.1 Å². The van der Waals surface area contributed by atoms with Crippen LogP contribution in [0.3, 0.4) is 0 Å². The third-order valence-corrected chi connectivity index (χ3v) is 7.58. The summed E-state index contributed by atoms with van der Waals surface area (Å²) in [5, 5.41) is 3.03. The topological polar surface area (TPSA) is 101 Å². The Kier molecular flexibility index (Phi) is 8.70. The molecule has 1 atom stereocenters. The van der Waals surface area contributed by atoms with Gasteiger partial charge in [0.25, 0.3) is 11.8 Å². The molecule has 2 aromatic rings. The highest BCUT2D eigenvalue weighted by Gasteiger charge is 2.33. The highest BCUT2D eigenvalue weighted by molar-refractivity contribution is 8.15. The average Bonchev–Trinajstić information content (AvgIpc) is 3.28. The van der Waals surface area contributed by atoms with Crippen LogP contribution in [0.1, 0.15) is 41.6 Å². The molecular formula is C27H32N4O5S. The van der Waals surface area contributed by atoms with Crippen LogP contribution in [0, 0.1) is 0 Å². The molecule has 9 nitrogen and oxygen atoms in total. The van der Waals surface area contributed by atoms with Crippen molar-refractivity contribution in [1.82, 2.24) is 9.80 Å². The highest BCUT2D eigenvalue weighted by Crippen LogP contribution is 2.29. The number of amides is 3. The summed E-state index contributed by atoms with van der Waals surface area (Å²) in [6, 6.07) is 12.2. The molecule has 2 aliphatic heterocycles. The van der Waals surface area contributed by atoms with Crippen molar-refractivity contribution in [2.75, 3.05) is 39.7 Å². The fourth-order valence-corrected chi connectivity index (χ4v) is 5.49. The number of piperidine rings is 1.